The molecule has 5 aromatic rings. The van der Waals surface area contributed by atoms with E-state index >= 15 is 22.0 Å². The first kappa shape index (κ1) is 47.4. The molecule has 0 radical (unpaired) electrons. The van der Waals surface area contributed by atoms with E-state index in [1.807, 2.05) is 9.80 Å². The van der Waals surface area contributed by atoms with Crippen molar-refractivity contribution in [2.45, 2.75) is 115 Å². The Hall–Kier alpha value is -6.24. The molecule has 0 aliphatic carbocycles. The van der Waals surface area contributed by atoms with E-state index < -0.39 is 81.2 Å². The highest BCUT2D eigenvalue weighted by molar-refractivity contribution is 5.98. The average Bonchev–Trinajstić information content (AvgIpc) is 3.93. The summed E-state index contributed by atoms with van der Waals surface area (Å²) in [6, 6.07) is 13.3. The van der Waals surface area contributed by atoms with E-state index in [1.165, 1.54) is 14.2 Å². The summed E-state index contributed by atoms with van der Waals surface area (Å²) >= 11 is 0. The molecule has 2 bridgehead atoms. The molecule has 372 valence electrons. The van der Waals surface area contributed by atoms with Gasteiger partial charge < -0.3 is 33.5 Å². The Kier molecular flexibility index (Phi) is 12.1. The van der Waals surface area contributed by atoms with Gasteiger partial charge >= 0.3 is 18.3 Å². The van der Waals surface area contributed by atoms with Gasteiger partial charge in [-0.15, -0.1) is 0 Å². The molecule has 3 aromatic carbocycles. The number of methoxy groups -OCH3 is 2. The number of ether oxygens (including phenoxy) is 5. The molecule has 0 unspecified atom stereocenters. The van der Waals surface area contributed by atoms with Crippen molar-refractivity contribution in [3.63, 3.8) is 0 Å². The van der Waals surface area contributed by atoms with E-state index in [0.29, 0.717) is 48.4 Å². The SMILES string of the molecule is COc1ccc(CN(Cc2ccc(OC)cc2)c2cc(-c3nc4c5c(nc(OC[C@@]67CCCN6C[C@H](F)C7)nc5c3F)N3C[C@H]5CC[C@@H]([C@H]3CO4)N5C(=O)OC(C)(C)C)c(C(F)(F)F)c(C)c2F)cc1. The van der Waals surface area contributed by atoms with Gasteiger partial charge in [0, 0.05) is 38.2 Å². The number of alkyl halides is 4. The van der Waals surface area contributed by atoms with Crippen molar-refractivity contribution < 1.29 is 54.8 Å². The molecule has 19 heteroatoms. The molecule has 13 nitrogen and oxygen atoms in total. The summed E-state index contributed by atoms with van der Waals surface area (Å²) in [5.41, 5.74) is -4.44. The lowest BCUT2D eigenvalue weighted by molar-refractivity contribution is -0.137. The lowest BCUT2D eigenvalue weighted by Gasteiger charge is -2.46. The fourth-order valence-corrected chi connectivity index (χ4v) is 11.2. The Labute approximate surface area is 401 Å². The number of carbonyl (C=O) groups is 1. The quantitative estimate of drug-likeness (QED) is 0.117. The van der Waals surface area contributed by atoms with Crippen LogP contribution in [0.15, 0.2) is 54.6 Å². The largest absolute Gasteiger partial charge is 0.497 e. The van der Waals surface area contributed by atoms with Crippen molar-refractivity contribution >= 4 is 28.5 Å². The first-order valence-corrected chi connectivity index (χ1v) is 23.6. The number of carbonyl (C=O) groups excluding carboxylic acids is 1. The summed E-state index contributed by atoms with van der Waals surface area (Å²) in [5.74, 6) is -1.33. The highest BCUT2D eigenvalue weighted by Gasteiger charge is 2.53. The molecular weight excluding hydrogens is 921 g/mol. The van der Waals surface area contributed by atoms with Crippen LogP contribution >= 0.6 is 0 Å². The number of aromatic nitrogens is 3. The lowest BCUT2D eigenvalue weighted by atomic mass is 9.95. The van der Waals surface area contributed by atoms with Crippen LogP contribution in [0.25, 0.3) is 22.2 Å². The zero-order chi connectivity index (χ0) is 49.4. The van der Waals surface area contributed by atoms with Gasteiger partial charge in [0.15, 0.2) is 5.82 Å². The maximum Gasteiger partial charge on any atom is 0.417 e. The third-order valence-electron chi connectivity index (χ3n) is 14.4. The van der Waals surface area contributed by atoms with Gasteiger partial charge in [0.05, 0.1) is 49.1 Å². The number of halogens is 6. The first-order chi connectivity index (χ1) is 33.3. The molecule has 2 aromatic heterocycles. The second kappa shape index (κ2) is 17.9. The van der Waals surface area contributed by atoms with Crippen LogP contribution in [0.3, 0.4) is 0 Å². The number of pyridine rings is 1. The average molecular weight is 976 g/mol. The number of hydrogen-bond donors (Lipinski definition) is 0. The Bertz CT molecular complexity index is 2760. The van der Waals surface area contributed by atoms with Gasteiger partial charge in [0.2, 0.25) is 5.88 Å². The van der Waals surface area contributed by atoms with Crippen LogP contribution in [0.2, 0.25) is 0 Å². The molecule has 4 saturated heterocycles. The number of amides is 1. The van der Waals surface area contributed by atoms with Crippen LogP contribution in [0, 0.1) is 18.6 Å². The summed E-state index contributed by atoms with van der Waals surface area (Å²) in [4.78, 5) is 35.0. The van der Waals surface area contributed by atoms with Crippen LogP contribution in [0.5, 0.6) is 23.4 Å². The lowest BCUT2D eigenvalue weighted by Crippen LogP contribution is -2.63. The minimum Gasteiger partial charge on any atom is -0.497 e. The number of nitrogens with zero attached hydrogens (tertiary/aromatic N) is 7. The molecule has 5 aliphatic rings. The standard InChI is InChI=1S/C51H55F6N7O6/c1-28-40(51(55,56)57)35(20-37(41(28)53)61(22-29-8-13-33(66-5)14-9-29)23-30-10-15-34(67-6)16-11-30)43-42(54)44-39-45(60-47(59-44)69-27-50-18-7-19-62(50)24-31(52)21-50)63-25-32-12-17-36(38(63)26-68-46(39)58-43)64(32)48(65)70-49(2,3)4/h8-11,13-16,20,31-32,36,38H,7,12,17-19,21-27H2,1-6H3/t31-,32-,36+,38-,50+/m1/s1. The Morgan fingerprint density at radius 1 is 0.900 bits per heavy atom. The van der Waals surface area contributed by atoms with E-state index in [2.05, 4.69) is 9.97 Å². The summed E-state index contributed by atoms with van der Waals surface area (Å²) in [6.45, 7) is 7.44. The van der Waals surface area contributed by atoms with Crippen LogP contribution in [0.1, 0.15) is 75.1 Å². The van der Waals surface area contributed by atoms with Crippen LogP contribution in [-0.4, -0.2) is 113 Å². The summed E-state index contributed by atoms with van der Waals surface area (Å²) in [7, 11) is 3.04. The minimum atomic E-state index is -5.19. The van der Waals surface area contributed by atoms with Gasteiger partial charge in [0.1, 0.15) is 64.7 Å². The molecule has 10 rings (SSSR count). The van der Waals surface area contributed by atoms with E-state index in [1.54, 1.807) is 79.1 Å². The fourth-order valence-electron chi connectivity index (χ4n) is 11.2. The van der Waals surface area contributed by atoms with Crippen LogP contribution in [-0.2, 0) is 24.0 Å². The fraction of sp³-hybridized carbons (Fsp3) is 0.490. The third kappa shape index (κ3) is 8.61. The highest BCUT2D eigenvalue weighted by Crippen LogP contribution is 2.49. The normalized spacial score (nSPS) is 22.9. The molecule has 70 heavy (non-hydrogen) atoms. The summed E-state index contributed by atoms with van der Waals surface area (Å²) in [5, 5.41) is -0.000170. The van der Waals surface area contributed by atoms with Gasteiger partial charge in [-0.05, 0) is 107 Å². The Balaban J connectivity index is 1.13. The summed E-state index contributed by atoms with van der Waals surface area (Å²) in [6.07, 6.45) is -3.82. The molecular formula is C51H55F6N7O6. The molecule has 0 saturated carbocycles. The number of fused-ring (bicyclic) bond motifs is 6. The number of anilines is 2. The Morgan fingerprint density at radius 2 is 1.57 bits per heavy atom. The molecule has 4 fully saturated rings. The van der Waals surface area contributed by atoms with Crippen molar-refractivity contribution in [2.24, 2.45) is 0 Å². The minimum absolute atomic E-state index is 0.000170. The monoisotopic (exact) mass is 975 g/mol. The van der Waals surface area contributed by atoms with Crippen molar-refractivity contribution in [1.82, 2.24) is 24.8 Å². The van der Waals surface area contributed by atoms with Crippen molar-refractivity contribution in [2.75, 3.05) is 56.9 Å². The number of hydrogen-bond acceptors (Lipinski definition) is 12. The molecule has 7 heterocycles. The number of rotatable bonds is 11. The predicted octanol–water partition coefficient (Wildman–Crippen LogP) is 9.83. The van der Waals surface area contributed by atoms with Gasteiger partial charge in [-0.25, -0.2) is 22.9 Å². The van der Waals surface area contributed by atoms with Crippen LogP contribution in [0.4, 0.5) is 42.6 Å². The molecule has 5 atom stereocenters. The second-order valence-electron chi connectivity index (χ2n) is 20.0. The maximum atomic E-state index is 18.0. The molecule has 0 spiro atoms. The zero-order valence-corrected chi connectivity index (χ0v) is 39.8. The van der Waals surface area contributed by atoms with Gasteiger partial charge in [-0.2, -0.15) is 23.1 Å². The number of piperazine rings is 1. The molecule has 1 amide bonds. The summed E-state index contributed by atoms with van der Waals surface area (Å²) < 4.78 is 126. The molecule has 5 aliphatic heterocycles. The van der Waals surface area contributed by atoms with Gasteiger partial charge in [-0.1, -0.05) is 24.3 Å². The smallest absolute Gasteiger partial charge is 0.417 e. The molecule has 0 N–H and O–H groups in total. The van der Waals surface area contributed by atoms with Crippen molar-refractivity contribution in [3.05, 3.63) is 88.5 Å². The van der Waals surface area contributed by atoms with E-state index in [9.17, 15) is 9.18 Å². The van der Waals surface area contributed by atoms with Gasteiger partial charge in [0.25, 0.3) is 0 Å². The van der Waals surface area contributed by atoms with Crippen molar-refractivity contribution in [1.29, 1.82) is 0 Å². The predicted molar refractivity (Wildman–Crippen MR) is 248 cm³/mol. The second-order valence-corrected chi connectivity index (χ2v) is 20.0. The van der Waals surface area contributed by atoms with Crippen LogP contribution < -0.4 is 28.7 Å². The zero-order valence-electron chi connectivity index (χ0n) is 39.8. The van der Waals surface area contributed by atoms with E-state index in [-0.39, 0.29) is 80.6 Å². The van der Waals surface area contributed by atoms with E-state index in [0.717, 1.165) is 19.4 Å². The number of benzene rings is 3. The Morgan fingerprint density at radius 3 is 2.20 bits per heavy atom. The van der Waals surface area contributed by atoms with Gasteiger partial charge in [-0.3, -0.25) is 9.80 Å². The maximum absolute atomic E-state index is 18.0. The third-order valence-corrected chi connectivity index (χ3v) is 14.4. The van der Waals surface area contributed by atoms with Crippen molar-refractivity contribution in [3.8, 4) is 34.6 Å². The highest BCUT2D eigenvalue weighted by atomic mass is 19.4. The first-order valence-electron chi connectivity index (χ1n) is 23.6. The van der Waals surface area contributed by atoms with E-state index in [4.69, 9.17) is 28.7 Å². The topological polar surface area (TPSA) is 115 Å².